The third kappa shape index (κ3) is 2.07. The lowest BCUT2D eigenvalue weighted by Crippen LogP contribution is -2.69. The molecule has 0 aromatic heterocycles. The zero-order chi connectivity index (χ0) is 20.9. The molecule has 5 nitrogen and oxygen atoms in total. The minimum Gasteiger partial charge on any atom is -0.479 e. The lowest BCUT2D eigenvalue weighted by atomic mass is 9.45. The highest BCUT2D eigenvalue weighted by Crippen LogP contribution is 2.71. The van der Waals surface area contributed by atoms with Gasteiger partial charge in [-0.2, -0.15) is 0 Å². The topological polar surface area (TPSA) is 94.8 Å². The molecule has 0 unspecified atom stereocenters. The molecule has 4 rings (SSSR count). The van der Waals surface area contributed by atoms with Gasteiger partial charge in [0.15, 0.2) is 11.4 Å². The summed E-state index contributed by atoms with van der Waals surface area (Å²) in [5.74, 6) is -2.40. The highest BCUT2D eigenvalue weighted by Gasteiger charge is 2.75. The Labute approximate surface area is 174 Å². The second-order valence-corrected chi connectivity index (χ2v) is 10.7. The molecule has 0 aliphatic heterocycles. The SMILES string of the molecule is C[C@@H]1C[C@H]2[C@@H]3C[C@H](Cl)C4=CC(=O)C=C[C@]4(C)[C@@]3(Cl)[C@@H](O)C[C@]2(C)[C@@]1(O)C(=O)O. The molecule has 0 aromatic rings. The summed E-state index contributed by atoms with van der Waals surface area (Å²) >= 11 is 14.0. The summed E-state index contributed by atoms with van der Waals surface area (Å²) < 4.78 is 0. The van der Waals surface area contributed by atoms with Crippen molar-refractivity contribution in [2.75, 3.05) is 0 Å². The lowest BCUT2D eigenvalue weighted by molar-refractivity contribution is -0.194. The molecule has 9 atom stereocenters. The van der Waals surface area contributed by atoms with Crippen molar-refractivity contribution >= 4 is 35.0 Å². The molecule has 28 heavy (non-hydrogen) atoms. The molecule has 0 saturated heterocycles. The summed E-state index contributed by atoms with van der Waals surface area (Å²) in [6, 6.07) is 0. The molecule has 0 bridgehead atoms. The van der Waals surface area contributed by atoms with Gasteiger partial charge < -0.3 is 15.3 Å². The Bertz CT molecular complexity index is 824. The molecule has 0 spiro atoms. The van der Waals surface area contributed by atoms with E-state index in [0.29, 0.717) is 18.4 Å². The third-order valence-electron chi connectivity index (χ3n) is 8.54. The molecule has 3 saturated carbocycles. The zero-order valence-electron chi connectivity index (χ0n) is 16.2. The summed E-state index contributed by atoms with van der Waals surface area (Å²) in [7, 11) is 0. The number of carbonyl (C=O) groups is 2. The second kappa shape index (κ2) is 5.84. The van der Waals surface area contributed by atoms with Crippen LogP contribution in [-0.2, 0) is 9.59 Å². The smallest absolute Gasteiger partial charge is 0.336 e. The van der Waals surface area contributed by atoms with E-state index in [4.69, 9.17) is 23.2 Å². The molecule has 0 radical (unpaired) electrons. The number of hydrogen-bond acceptors (Lipinski definition) is 4. The van der Waals surface area contributed by atoms with Crippen molar-refractivity contribution < 1.29 is 24.9 Å². The highest BCUT2D eigenvalue weighted by atomic mass is 35.5. The van der Waals surface area contributed by atoms with Crippen LogP contribution in [-0.4, -0.2) is 49.0 Å². The molecular weight excluding hydrogens is 403 g/mol. The molecule has 4 aliphatic carbocycles. The number of aliphatic hydroxyl groups is 2. The summed E-state index contributed by atoms with van der Waals surface area (Å²) in [6.07, 6.45) is 4.65. The minimum absolute atomic E-state index is 0.0718. The number of rotatable bonds is 1. The maximum absolute atomic E-state index is 12.1. The Morgan fingerprint density at radius 1 is 1.25 bits per heavy atom. The molecule has 0 heterocycles. The average Bonchev–Trinajstić information content (AvgIpc) is 2.81. The van der Waals surface area contributed by atoms with E-state index in [0.717, 1.165) is 0 Å². The van der Waals surface area contributed by atoms with Crippen LogP contribution in [0.15, 0.2) is 23.8 Å². The first-order valence-corrected chi connectivity index (χ1v) is 10.6. The van der Waals surface area contributed by atoms with Crippen molar-refractivity contribution in [1.82, 2.24) is 0 Å². The third-order valence-corrected chi connectivity index (χ3v) is 9.87. The Morgan fingerprint density at radius 3 is 2.50 bits per heavy atom. The van der Waals surface area contributed by atoms with E-state index in [1.807, 2.05) is 6.92 Å². The van der Waals surface area contributed by atoms with Gasteiger partial charge in [0.2, 0.25) is 0 Å². The van der Waals surface area contributed by atoms with Crippen LogP contribution in [0.3, 0.4) is 0 Å². The lowest BCUT2D eigenvalue weighted by Gasteiger charge is -2.64. The van der Waals surface area contributed by atoms with Gasteiger partial charge in [-0.1, -0.05) is 26.8 Å². The molecule has 3 N–H and O–H groups in total. The van der Waals surface area contributed by atoms with Gasteiger partial charge in [-0.25, -0.2) is 4.79 Å². The van der Waals surface area contributed by atoms with Gasteiger partial charge in [0.1, 0.15) is 0 Å². The van der Waals surface area contributed by atoms with Gasteiger partial charge in [-0.05, 0) is 54.7 Å². The van der Waals surface area contributed by atoms with Crippen LogP contribution in [0, 0.1) is 28.6 Å². The standard InChI is InChI=1S/C21H26Cl2O5/c1-10-6-12-13-8-15(22)14-7-11(24)4-5-18(14,2)20(13,23)16(25)9-19(12,3)21(10,28)17(26)27/h4-5,7,10,12-13,15-16,25,28H,6,8-9H2,1-3H3,(H,26,27)/t10-,12+,13+,15+,16+,18+,19+,20+,21+/m1/s1. The fraction of sp³-hybridized carbons (Fsp3) is 0.714. The number of aliphatic carboxylic acids is 1. The first-order valence-electron chi connectivity index (χ1n) is 9.76. The largest absolute Gasteiger partial charge is 0.479 e. The quantitative estimate of drug-likeness (QED) is 0.558. The van der Waals surface area contributed by atoms with Crippen molar-refractivity contribution in [2.24, 2.45) is 28.6 Å². The first-order chi connectivity index (χ1) is 12.8. The summed E-state index contributed by atoms with van der Waals surface area (Å²) in [5, 5.41) is 32.0. The van der Waals surface area contributed by atoms with Crippen LogP contribution < -0.4 is 0 Å². The summed E-state index contributed by atoms with van der Waals surface area (Å²) in [6.45, 7) is 5.39. The number of allylic oxidation sites excluding steroid dienone is 4. The Morgan fingerprint density at radius 2 is 1.89 bits per heavy atom. The predicted molar refractivity (Wildman–Crippen MR) is 105 cm³/mol. The number of carboxylic acids is 1. The van der Waals surface area contributed by atoms with Crippen molar-refractivity contribution in [3.05, 3.63) is 23.8 Å². The van der Waals surface area contributed by atoms with Crippen LogP contribution in [0.1, 0.15) is 40.0 Å². The van der Waals surface area contributed by atoms with Crippen LogP contribution in [0.4, 0.5) is 0 Å². The van der Waals surface area contributed by atoms with Crippen molar-refractivity contribution in [3.63, 3.8) is 0 Å². The second-order valence-electron chi connectivity index (χ2n) is 9.57. The van der Waals surface area contributed by atoms with E-state index in [1.54, 1.807) is 19.9 Å². The highest BCUT2D eigenvalue weighted by molar-refractivity contribution is 6.28. The molecule has 0 amide bonds. The first kappa shape index (κ1) is 20.4. The van der Waals surface area contributed by atoms with Gasteiger partial charge in [-0.3, -0.25) is 4.79 Å². The van der Waals surface area contributed by atoms with Gasteiger partial charge in [0, 0.05) is 10.8 Å². The Kier molecular flexibility index (Phi) is 4.25. The number of ketones is 1. The van der Waals surface area contributed by atoms with Crippen LogP contribution in [0.5, 0.6) is 0 Å². The Balaban J connectivity index is 1.88. The molecule has 154 valence electrons. The van der Waals surface area contributed by atoms with E-state index in [1.165, 1.54) is 12.2 Å². The number of halogens is 2. The fourth-order valence-corrected chi connectivity index (χ4v) is 7.97. The molecule has 3 fully saturated rings. The van der Waals surface area contributed by atoms with Crippen LogP contribution >= 0.6 is 23.2 Å². The van der Waals surface area contributed by atoms with E-state index < -0.39 is 44.7 Å². The fourth-order valence-electron chi connectivity index (χ4n) is 7.00. The number of carboxylic acid groups (broad SMARTS) is 1. The Hall–Kier alpha value is -0.880. The molecule has 0 aromatic carbocycles. The van der Waals surface area contributed by atoms with E-state index >= 15 is 0 Å². The minimum atomic E-state index is -1.94. The maximum Gasteiger partial charge on any atom is 0.336 e. The van der Waals surface area contributed by atoms with Crippen LogP contribution in [0.2, 0.25) is 0 Å². The van der Waals surface area contributed by atoms with E-state index in [-0.39, 0.29) is 24.0 Å². The molecule has 4 aliphatic rings. The van der Waals surface area contributed by atoms with Gasteiger partial charge >= 0.3 is 5.97 Å². The van der Waals surface area contributed by atoms with Gasteiger partial charge in [-0.15, -0.1) is 23.2 Å². The normalized spacial score (nSPS) is 55.2. The van der Waals surface area contributed by atoms with Gasteiger partial charge in [0.25, 0.3) is 0 Å². The monoisotopic (exact) mass is 428 g/mol. The molecule has 7 heteroatoms. The van der Waals surface area contributed by atoms with Gasteiger partial charge in [0.05, 0.1) is 16.4 Å². The number of alkyl halides is 2. The summed E-state index contributed by atoms with van der Waals surface area (Å²) in [5.41, 5.74) is -3.08. The predicted octanol–water partition coefficient (Wildman–Crippen LogP) is 2.91. The zero-order valence-corrected chi connectivity index (χ0v) is 17.7. The van der Waals surface area contributed by atoms with E-state index in [2.05, 4.69) is 0 Å². The summed E-state index contributed by atoms with van der Waals surface area (Å²) in [4.78, 5) is 22.9. The van der Waals surface area contributed by atoms with Crippen molar-refractivity contribution in [3.8, 4) is 0 Å². The van der Waals surface area contributed by atoms with Crippen LogP contribution in [0.25, 0.3) is 0 Å². The number of fused-ring (bicyclic) bond motifs is 5. The number of hydrogen-bond donors (Lipinski definition) is 3. The maximum atomic E-state index is 12.1. The average molecular weight is 429 g/mol. The van der Waals surface area contributed by atoms with E-state index in [9.17, 15) is 24.9 Å². The molecular formula is C21H26Cl2O5. The van der Waals surface area contributed by atoms with Crippen molar-refractivity contribution in [2.45, 2.75) is 62.0 Å². The number of aliphatic hydroxyl groups excluding tert-OH is 1. The number of carbonyl (C=O) groups excluding carboxylic acids is 1. The van der Waals surface area contributed by atoms with Crippen molar-refractivity contribution in [1.29, 1.82) is 0 Å².